The van der Waals surface area contributed by atoms with Crippen LogP contribution in [-0.2, 0) is 9.59 Å². The summed E-state index contributed by atoms with van der Waals surface area (Å²) in [6.07, 6.45) is 11.8. The van der Waals surface area contributed by atoms with Crippen LogP contribution in [0, 0.1) is 0 Å². The minimum absolute atomic E-state index is 0.0594. The molecule has 2 saturated heterocycles. The second kappa shape index (κ2) is 7.12. The Kier molecular flexibility index (Phi) is 5.12. The van der Waals surface area contributed by atoms with Gasteiger partial charge in [-0.15, -0.1) is 0 Å². The SMILES string of the molecule is CC1(C)CCCCN1C(=O)CCC(=O)N1CCC2=CCCC=C2C1. The van der Waals surface area contributed by atoms with Gasteiger partial charge in [-0.1, -0.05) is 12.2 Å². The molecule has 0 aromatic rings. The van der Waals surface area contributed by atoms with Gasteiger partial charge in [0, 0.05) is 38.0 Å². The summed E-state index contributed by atoms with van der Waals surface area (Å²) in [5.41, 5.74) is 2.69. The first-order valence-electron chi connectivity index (χ1n) is 9.44. The largest absolute Gasteiger partial charge is 0.338 e. The Bertz CT molecular complexity index is 574. The van der Waals surface area contributed by atoms with E-state index in [2.05, 4.69) is 26.0 Å². The first-order chi connectivity index (χ1) is 11.5. The minimum Gasteiger partial charge on any atom is -0.338 e. The molecule has 2 aliphatic heterocycles. The maximum absolute atomic E-state index is 12.6. The third kappa shape index (κ3) is 3.73. The van der Waals surface area contributed by atoms with Gasteiger partial charge in [0.15, 0.2) is 0 Å². The van der Waals surface area contributed by atoms with Crippen molar-refractivity contribution in [3.05, 3.63) is 23.3 Å². The van der Waals surface area contributed by atoms with Crippen LogP contribution in [0.15, 0.2) is 23.3 Å². The number of carbonyl (C=O) groups excluding carboxylic acids is 2. The van der Waals surface area contributed by atoms with E-state index in [1.807, 2.05) is 9.80 Å². The van der Waals surface area contributed by atoms with Gasteiger partial charge in [-0.2, -0.15) is 0 Å². The summed E-state index contributed by atoms with van der Waals surface area (Å²) in [6, 6.07) is 0. The van der Waals surface area contributed by atoms with E-state index in [9.17, 15) is 9.59 Å². The van der Waals surface area contributed by atoms with Crippen LogP contribution < -0.4 is 0 Å². The van der Waals surface area contributed by atoms with Crippen LogP contribution in [0.1, 0.15) is 65.2 Å². The average Bonchev–Trinajstić information content (AvgIpc) is 2.58. The fourth-order valence-electron chi connectivity index (χ4n) is 4.19. The summed E-state index contributed by atoms with van der Waals surface area (Å²) in [7, 11) is 0. The third-order valence-electron chi connectivity index (χ3n) is 5.73. The molecular formula is C20H30N2O2. The number of fused-ring (bicyclic) bond motifs is 1. The standard InChI is InChI=1S/C20H30N2O2/c1-20(2)12-5-6-13-22(20)19(24)10-9-18(23)21-14-11-16-7-3-4-8-17(16)15-21/h7-8H,3-6,9-15H2,1-2H3. The van der Waals surface area contributed by atoms with Crippen molar-refractivity contribution in [2.45, 2.75) is 70.8 Å². The minimum atomic E-state index is -0.0594. The molecule has 0 unspecified atom stereocenters. The summed E-state index contributed by atoms with van der Waals surface area (Å²) in [6.45, 7) is 6.64. The molecule has 1 aliphatic carbocycles. The molecule has 0 saturated carbocycles. The maximum Gasteiger partial charge on any atom is 0.223 e. The fraction of sp³-hybridized carbons (Fsp3) is 0.700. The predicted molar refractivity (Wildman–Crippen MR) is 95.5 cm³/mol. The molecule has 2 amide bonds. The van der Waals surface area contributed by atoms with Crippen molar-refractivity contribution in [2.24, 2.45) is 0 Å². The molecule has 0 radical (unpaired) electrons. The lowest BCUT2D eigenvalue weighted by Gasteiger charge is -2.42. The molecule has 0 bridgehead atoms. The second-order valence-corrected chi connectivity index (χ2v) is 7.92. The quantitative estimate of drug-likeness (QED) is 0.795. The zero-order valence-corrected chi connectivity index (χ0v) is 15.1. The second-order valence-electron chi connectivity index (χ2n) is 7.92. The number of nitrogens with zero attached hydrogens (tertiary/aromatic N) is 2. The molecule has 2 fully saturated rings. The van der Waals surface area contributed by atoms with Crippen LogP contribution in [0.5, 0.6) is 0 Å². The van der Waals surface area contributed by atoms with E-state index < -0.39 is 0 Å². The predicted octanol–water partition coefficient (Wildman–Crippen LogP) is 3.44. The van der Waals surface area contributed by atoms with Crippen molar-refractivity contribution in [1.82, 2.24) is 9.80 Å². The normalized spacial score (nSPS) is 23.2. The van der Waals surface area contributed by atoms with Crippen LogP contribution in [0.4, 0.5) is 0 Å². The Morgan fingerprint density at radius 1 is 1.00 bits per heavy atom. The van der Waals surface area contributed by atoms with Crippen molar-refractivity contribution in [3.8, 4) is 0 Å². The summed E-state index contributed by atoms with van der Waals surface area (Å²) >= 11 is 0. The first-order valence-corrected chi connectivity index (χ1v) is 9.44. The Hall–Kier alpha value is -1.58. The molecule has 3 aliphatic rings. The zero-order chi connectivity index (χ0) is 17.2. The van der Waals surface area contributed by atoms with Gasteiger partial charge in [-0.25, -0.2) is 0 Å². The molecule has 0 spiro atoms. The molecule has 24 heavy (non-hydrogen) atoms. The van der Waals surface area contributed by atoms with Gasteiger partial charge in [0.2, 0.25) is 11.8 Å². The molecule has 0 aromatic heterocycles. The van der Waals surface area contributed by atoms with E-state index in [0.717, 1.165) is 51.7 Å². The molecule has 132 valence electrons. The van der Waals surface area contributed by atoms with Gasteiger partial charge >= 0.3 is 0 Å². The third-order valence-corrected chi connectivity index (χ3v) is 5.73. The topological polar surface area (TPSA) is 40.6 Å². The molecule has 0 atom stereocenters. The molecule has 4 heteroatoms. The highest BCUT2D eigenvalue weighted by atomic mass is 16.2. The lowest BCUT2D eigenvalue weighted by molar-refractivity contribution is -0.141. The highest BCUT2D eigenvalue weighted by molar-refractivity contribution is 5.84. The summed E-state index contributed by atoms with van der Waals surface area (Å²) in [5, 5.41) is 0. The summed E-state index contributed by atoms with van der Waals surface area (Å²) < 4.78 is 0. The van der Waals surface area contributed by atoms with E-state index in [1.165, 1.54) is 17.6 Å². The highest BCUT2D eigenvalue weighted by Crippen LogP contribution is 2.29. The van der Waals surface area contributed by atoms with Crippen LogP contribution in [0.2, 0.25) is 0 Å². The lowest BCUT2D eigenvalue weighted by atomic mass is 9.90. The van der Waals surface area contributed by atoms with Crippen molar-refractivity contribution in [1.29, 1.82) is 0 Å². The number of likely N-dealkylation sites (tertiary alicyclic amines) is 2. The number of rotatable bonds is 3. The Morgan fingerprint density at radius 2 is 1.71 bits per heavy atom. The first kappa shape index (κ1) is 17.2. The van der Waals surface area contributed by atoms with Gasteiger partial charge in [-0.05, 0) is 63.5 Å². The summed E-state index contributed by atoms with van der Waals surface area (Å²) in [4.78, 5) is 29.0. The molecule has 2 heterocycles. The highest BCUT2D eigenvalue weighted by Gasteiger charge is 2.33. The van der Waals surface area contributed by atoms with Gasteiger partial charge in [-0.3, -0.25) is 9.59 Å². The van der Waals surface area contributed by atoms with E-state index in [-0.39, 0.29) is 17.4 Å². The van der Waals surface area contributed by atoms with Crippen molar-refractivity contribution < 1.29 is 9.59 Å². The molecule has 3 rings (SSSR count). The number of allylic oxidation sites excluding steroid dienone is 2. The Labute approximate surface area is 145 Å². The van der Waals surface area contributed by atoms with Crippen molar-refractivity contribution in [2.75, 3.05) is 19.6 Å². The molecule has 4 nitrogen and oxygen atoms in total. The smallest absolute Gasteiger partial charge is 0.223 e. The molecule has 0 N–H and O–H groups in total. The van der Waals surface area contributed by atoms with E-state index in [1.54, 1.807) is 0 Å². The lowest BCUT2D eigenvalue weighted by Crippen LogP contribution is -2.50. The number of hydrogen-bond donors (Lipinski definition) is 0. The fourth-order valence-corrected chi connectivity index (χ4v) is 4.19. The van der Waals surface area contributed by atoms with Gasteiger partial charge in [0.1, 0.15) is 0 Å². The number of hydrogen-bond acceptors (Lipinski definition) is 2. The monoisotopic (exact) mass is 330 g/mol. The Balaban J connectivity index is 1.51. The van der Waals surface area contributed by atoms with Crippen LogP contribution in [0.3, 0.4) is 0 Å². The van der Waals surface area contributed by atoms with E-state index >= 15 is 0 Å². The average molecular weight is 330 g/mol. The Morgan fingerprint density at radius 3 is 2.46 bits per heavy atom. The van der Waals surface area contributed by atoms with Crippen LogP contribution >= 0.6 is 0 Å². The van der Waals surface area contributed by atoms with Crippen molar-refractivity contribution in [3.63, 3.8) is 0 Å². The maximum atomic E-state index is 12.6. The zero-order valence-electron chi connectivity index (χ0n) is 15.1. The molecular weight excluding hydrogens is 300 g/mol. The number of amides is 2. The number of piperidine rings is 2. The van der Waals surface area contributed by atoms with Crippen LogP contribution in [0.25, 0.3) is 0 Å². The van der Waals surface area contributed by atoms with Crippen molar-refractivity contribution >= 4 is 11.8 Å². The summed E-state index contributed by atoms with van der Waals surface area (Å²) in [5.74, 6) is 0.270. The van der Waals surface area contributed by atoms with E-state index in [4.69, 9.17) is 0 Å². The van der Waals surface area contributed by atoms with Gasteiger partial charge in [0.05, 0.1) is 0 Å². The van der Waals surface area contributed by atoms with E-state index in [0.29, 0.717) is 12.8 Å². The van der Waals surface area contributed by atoms with Gasteiger partial charge in [0.25, 0.3) is 0 Å². The number of carbonyl (C=O) groups is 2. The van der Waals surface area contributed by atoms with Crippen LogP contribution in [-0.4, -0.2) is 46.8 Å². The van der Waals surface area contributed by atoms with Gasteiger partial charge < -0.3 is 9.80 Å². The molecule has 0 aromatic carbocycles.